The normalized spacial score (nSPS) is 14.6. The first-order valence-electron chi connectivity index (χ1n) is 5.37. The minimum atomic E-state index is -0.0428. The number of nitrogens with one attached hydrogen (secondary N) is 2. The third-order valence-corrected chi connectivity index (χ3v) is 3.33. The van der Waals surface area contributed by atoms with Crippen molar-refractivity contribution in [1.82, 2.24) is 10.3 Å². The first-order chi connectivity index (χ1) is 8.20. The predicted octanol–water partition coefficient (Wildman–Crippen LogP) is 2.12. The second-order valence-corrected chi connectivity index (χ2v) is 4.42. The van der Waals surface area contributed by atoms with E-state index >= 15 is 0 Å². The van der Waals surface area contributed by atoms with Crippen LogP contribution in [0.1, 0.15) is 16.1 Å². The Labute approximate surface area is 103 Å². The van der Waals surface area contributed by atoms with Crippen molar-refractivity contribution in [3.05, 3.63) is 28.4 Å². The van der Waals surface area contributed by atoms with Gasteiger partial charge < -0.3 is 15.0 Å². The molecule has 1 aliphatic rings. The van der Waals surface area contributed by atoms with Gasteiger partial charge in [-0.1, -0.05) is 11.6 Å². The number of rotatable bonds is 1. The van der Waals surface area contributed by atoms with E-state index in [9.17, 15) is 4.79 Å². The van der Waals surface area contributed by atoms with Gasteiger partial charge in [0.1, 0.15) is 5.75 Å². The maximum absolute atomic E-state index is 11.8. The molecule has 0 saturated heterocycles. The van der Waals surface area contributed by atoms with Gasteiger partial charge in [0, 0.05) is 30.1 Å². The van der Waals surface area contributed by atoms with E-state index in [4.69, 9.17) is 16.3 Å². The number of fused-ring (bicyclic) bond motifs is 3. The van der Waals surface area contributed by atoms with Crippen LogP contribution in [-0.4, -0.2) is 24.5 Å². The zero-order valence-corrected chi connectivity index (χ0v) is 10.0. The van der Waals surface area contributed by atoms with Crippen LogP contribution in [0.4, 0.5) is 0 Å². The summed E-state index contributed by atoms with van der Waals surface area (Å²) in [6, 6.07) is 3.60. The molecule has 2 heterocycles. The van der Waals surface area contributed by atoms with Crippen LogP contribution in [0.5, 0.6) is 5.75 Å². The number of benzene rings is 1. The third kappa shape index (κ3) is 1.48. The topological polar surface area (TPSA) is 54.1 Å². The van der Waals surface area contributed by atoms with Crippen LogP contribution in [0.15, 0.2) is 12.1 Å². The highest BCUT2D eigenvalue weighted by Gasteiger charge is 2.22. The van der Waals surface area contributed by atoms with Gasteiger partial charge in [-0.15, -0.1) is 0 Å². The Morgan fingerprint density at radius 1 is 1.41 bits per heavy atom. The van der Waals surface area contributed by atoms with E-state index in [0.717, 1.165) is 23.0 Å². The van der Waals surface area contributed by atoms with Crippen molar-refractivity contribution in [3.63, 3.8) is 0 Å². The summed E-state index contributed by atoms with van der Waals surface area (Å²) >= 11 is 6.08. The van der Waals surface area contributed by atoms with Crippen molar-refractivity contribution < 1.29 is 9.53 Å². The predicted molar refractivity (Wildman–Crippen MR) is 65.9 cm³/mol. The fourth-order valence-electron chi connectivity index (χ4n) is 2.24. The molecular formula is C12H11ClN2O2. The summed E-state index contributed by atoms with van der Waals surface area (Å²) in [7, 11) is 1.57. The largest absolute Gasteiger partial charge is 0.495 e. The molecular weight excluding hydrogens is 240 g/mol. The lowest BCUT2D eigenvalue weighted by Gasteiger charge is -2.12. The van der Waals surface area contributed by atoms with Crippen molar-refractivity contribution in [2.24, 2.45) is 0 Å². The zero-order valence-electron chi connectivity index (χ0n) is 9.26. The second-order valence-electron chi connectivity index (χ2n) is 4.02. The van der Waals surface area contributed by atoms with E-state index in [1.54, 1.807) is 13.2 Å². The molecule has 0 radical (unpaired) electrons. The lowest BCUT2D eigenvalue weighted by molar-refractivity contribution is 0.0947. The van der Waals surface area contributed by atoms with E-state index in [2.05, 4.69) is 10.3 Å². The number of aromatic amines is 1. The number of carbonyl (C=O) groups is 1. The number of halogens is 1. The SMILES string of the molecule is COc1cc2[nH]c3c(c2cc1Cl)C(=O)NCC3. The number of amides is 1. The van der Waals surface area contributed by atoms with Crippen LogP contribution >= 0.6 is 11.6 Å². The van der Waals surface area contributed by atoms with Gasteiger partial charge in [0.15, 0.2) is 0 Å². The standard InChI is InChI=1S/C12H11ClN2O2/c1-17-10-5-9-6(4-7(10)13)11-8(15-9)2-3-14-12(11)16/h4-5,15H,2-3H2,1H3,(H,14,16). The van der Waals surface area contributed by atoms with Crippen molar-refractivity contribution in [1.29, 1.82) is 0 Å². The Kier molecular flexibility index (Phi) is 2.26. The number of ether oxygens (including phenoxy) is 1. The molecule has 2 N–H and O–H groups in total. The zero-order chi connectivity index (χ0) is 12.0. The quantitative estimate of drug-likeness (QED) is 0.815. The average Bonchev–Trinajstić information content (AvgIpc) is 2.66. The van der Waals surface area contributed by atoms with Crippen molar-refractivity contribution in [3.8, 4) is 5.75 Å². The Balaban J connectivity index is 2.32. The lowest BCUT2D eigenvalue weighted by atomic mass is 10.1. The molecule has 0 spiro atoms. The number of hydrogen-bond acceptors (Lipinski definition) is 2. The summed E-state index contributed by atoms with van der Waals surface area (Å²) in [5.41, 5.74) is 2.55. The molecule has 0 aliphatic carbocycles. The van der Waals surface area contributed by atoms with Gasteiger partial charge in [0.25, 0.3) is 5.91 Å². The summed E-state index contributed by atoms with van der Waals surface area (Å²) in [5, 5.41) is 4.20. The molecule has 1 aromatic heterocycles. The molecule has 4 nitrogen and oxygen atoms in total. The maximum atomic E-state index is 11.8. The minimum absolute atomic E-state index is 0.0428. The average molecular weight is 251 g/mol. The summed E-state index contributed by atoms with van der Waals surface area (Å²) in [6.07, 6.45) is 0.815. The minimum Gasteiger partial charge on any atom is -0.495 e. The van der Waals surface area contributed by atoms with Crippen molar-refractivity contribution in [2.75, 3.05) is 13.7 Å². The van der Waals surface area contributed by atoms with E-state index in [1.165, 1.54) is 0 Å². The van der Waals surface area contributed by atoms with Crippen LogP contribution in [0, 0.1) is 0 Å². The Hall–Kier alpha value is -1.68. The highest BCUT2D eigenvalue weighted by atomic mass is 35.5. The fraction of sp³-hybridized carbons (Fsp3) is 0.250. The van der Waals surface area contributed by atoms with Crippen LogP contribution in [-0.2, 0) is 6.42 Å². The van der Waals surface area contributed by atoms with Gasteiger partial charge in [-0.3, -0.25) is 4.79 Å². The molecule has 0 atom stereocenters. The van der Waals surface area contributed by atoms with Gasteiger partial charge in [-0.25, -0.2) is 0 Å². The van der Waals surface area contributed by atoms with E-state index < -0.39 is 0 Å². The van der Waals surface area contributed by atoms with Gasteiger partial charge in [0.2, 0.25) is 0 Å². The Morgan fingerprint density at radius 3 is 3.00 bits per heavy atom. The van der Waals surface area contributed by atoms with Crippen molar-refractivity contribution >= 4 is 28.4 Å². The van der Waals surface area contributed by atoms with Crippen molar-refractivity contribution in [2.45, 2.75) is 6.42 Å². The molecule has 1 aromatic carbocycles. The van der Waals surface area contributed by atoms with Crippen LogP contribution in [0.25, 0.3) is 10.9 Å². The smallest absolute Gasteiger partial charge is 0.253 e. The monoisotopic (exact) mass is 250 g/mol. The molecule has 0 bridgehead atoms. The maximum Gasteiger partial charge on any atom is 0.253 e. The number of carbonyl (C=O) groups excluding carboxylic acids is 1. The number of H-pyrrole nitrogens is 1. The molecule has 88 valence electrons. The van der Waals surface area contributed by atoms with Gasteiger partial charge in [-0.2, -0.15) is 0 Å². The number of hydrogen-bond donors (Lipinski definition) is 2. The first-order valence-corrected chi connectivity index (χ1v) is 5.75. The van der Waals surface area contributed by atoms with E-state index in [-0.39, 0.29) is 5.91 Å². The second kappa shape index (κ2) is 3.67. The van der Waals surface area contributed by atoms with Crippen LogP contribution < -0.4 is 10.1 Å². The molecule has 0 fully saturated rings. The fourth-order valence-corrected chi connectivity index (χ4v) is 2.48. The highest BCUT2D eigenvalue weighted by Crippen LogP contribution is 2.33. The lowest BCUT2D eigenvalue weighted by Crippen LogP contribution is -2.31. The number of aromatic nitrogens is 1. The van der Waals surface area contributed by atoms with Crippen LogP contribution in [0.2, 0.25) is 5.02 Å². The summed E-state index contributed by atoms with van der Waals surface area (Å²) in [5.74, 6) is 0.567. The molecule has 17 heavy (non-hydrogen) atoms. The van der Waals surface area contributed by atoms with Gasteiger partial charge in [0.05, 0.1) is 23.2 Å². The molecule has 5 heteroatoms. The molecule has 1 amide bonds. The summed E-state index contributed by atoms with van der Waals surface area (Å²) < 4.78 is 5.16. The van der Waals surface area contributed by atoms with Gasteiger partial charge >= 0.3 is 0 Å². The van der Waals surface area contributed by atoms with Crippen LogP contribution in [0.3, 0.4) is 0 Å². The molecule has 2 aromatic rings. The van der Waals surface area contributed by atoms with Gasteiger partial charge in [-0.05, 0) is 6.07 Å². The molecule has 0 saturated carbocycles. The molecule has 0 unspecified atom stereocenters. The van der Waals surface area contributed by atoms with E-state index in [1.807, 2.05) is 6.07 Å². The summed E-state index contributed by atoms with van der Waals surface area (Å²) in [4.78, 5) is 15.1. The Morgan fingerprint density at radius 2 is 2.24 bits per heavy atom. The highest BCUT2D eigenvalue weighted by molar-refractivity contribution is 6.33. The summed E-state index contributed by atoms with van der Waals surface area (Å²) in [6.45, 7) is 0.670. The molecule has 3 rings (SSSR count). The Bertz CT molecular complexity index is 618. The third-order valence-electron chi connectivity index (χ3n) is 3.04. The van der Waals surface area contributed by atoms with E-state index in [0.29, 0.717) is 22.9 Å². The number of methoxy groups -OCH3 is 1. The molecule has 1 aliphatic heterocycles. The first kappa shape index (κ1) is 10.5.